The number of aliphatic hydroxyl groups is 3. The molecular weight excluding hydrogens is 351 g/mol. The number of hydrogen-bond acceptors (Lipinski definition) is 5. The smallest absolute Gasteiger partial charge is 0.119 e. The third-order valence-corrected chi connectivity index (χ3v) is 4.43. The van der Waals surface area contributed by atoms with Crippen LogP contribution in [0.5, 0.6) is 11.5 Å². The summed E-state index contributed by atoms with van der Waals surface area (Å²) in [5.74, 6) is 1.20. The Labute approximate surface area is 159 Å². The van der Waals surface area contributed by atoms with E-state index in [1.165, 1.54) is 0 Å². The Balaban J connectivity index is 2.04. The molecule has 1 unspecified atom stereocenters. The average Bonchev–Trinajstić information content (AvgIpc) is 2.70. The molecule has 0 amide bonds. The van der Waals surface area contributed by atoms with Gasteiger partial charge in [0.1, 0.15) is 43.6 Å². The summed E-state index contributed by atoms with van der Waals surface area (Å²) in [6, 6.07) is 15.1. The zero-order chi connectivity index (χ0) is 19.9. The molecule has 0 aromatic heterocycles. The lowest BCUT2D eigenvalue weighted by Crippen LogP contribution is -2.21. The zero-order valence-corrected chi connectivity index (χ0v) is 15.6. The third-order valence-electron chi connectivity index (χ3n) is 4.43. The van der Waals surface area contributed by atoms with E-state index in [0.29, 0.717) is 11.5 Å². The highest BCUT2D eigenvalue weighted by molar-refractivity contribution is 5.41. The number of ether oxygens (including phenoxy) is 2. The minimum absolute atomic E-state index is 0.0395. The minimum atomic E-state index is -1.11. The Morgan fingerprint density at radius 3 is 1.59 bits per heavy atom. The lowest BCUT2D eigenvalue weighted by Gasteiger charge is -2.26. The van der Waals surface area contributed by atoms with E-state index in [1.54, 1.807) is 12.1 Å². The van der Waals surface area contributed by atoms with Crippen LogP contribution in [0.3, 0.4) is 0 Å². The van der Waals surface area contributed by atoms with Gasteiger partial charge in [-0.3, -0.25) is 0 Å². The van der Waals surface area contributed by atoms with Crippen LogP contribution in [-0.4, -0.2) is 54.0 Å². The van der Waals surface area contributed by atoms with Gasteiger partial charge in [0.15, 0.2) is 0 Å². The summed E-state index contributed by atoms with van der Waals surface area (Å²) in [6.07, 6.45) is -2.01. The van der Waals surface area contributed by atoms with Gasteiger partial charge in [0, 0.05) is 5.41 Å². The molecule has 3 N–H and O–H groups in total. The molecule has 6 heteroatoms. The number of rotatable bonds is 10. The van der Waals surface area contributed by atoms with Crippen LogP contribution in [0.1, 0.15) is 25.0 Å². The SMILES string of the molecule is CC(C)(c1ccc(OCC(O)CO)cc1)c1ccc(OC[C@@H](O)CF)cc1. The van der Waals surface area contributed by atoms with Crippen molar-refractivity contribution in [2.75, 3.05) is 26.5 Å². The van der Waals surface area contributed by atoms with Gasteiger partial charge in [0.05, 0.1) is 6.61 Å². The standard InChI is InChI=1S/C21H27FO5/c1-21(2,15-3-7-19(8-4-15)26-13-17(24)11-22)16-5-9-20(10-6-16)27-14-18(25)12-23/h3-10,17-18,23-25H,11-14H2,1-2H3/t17-,18?/m0/s1. The van der Waals surface area contributed by atoms with Crippen LogP contribution >= 0.6 is 0 Å². The van der Waals surface area contributed by atoms with Gasteiger partial charge in [-0.2, -0.15) is 0 Å². The average molecular weight is 378 g/mol. The van der Waals surface area contributed by atoms with Crippen LogP contribution in [-0.2, 0) is 5.41 Å². The van der Waals surface area contributed by atoms with Gasteiger partial charge in [-0.1, -0.05) is 38.1 Å². The molecule has 0 aliphatic carbocycles. The number of alkyl halides is 1. The van der Waals surface area contributed by atoms with Crippen molar-refractivity contribution >= 4 is 0 Å². The van der Waals surface area contributed by atoms with Gasteiger partial charge in [0.2, 0.25) is 0 Å². The molecule has 0 radical (unpaired) electrons. The molecule has 2 aromatic carbocycles. The van der Waals surface area contributed by atoms with Crippen LogP contribution in [0.25, 0.3) is 0 Å². The van der Waals surface area contributed by atoms with E-state index >= 15 is 0 Å². The fraction of sp³-hybridized carbons (Fsp3) is 0.429. The molecule has 0 spiro atoms. The lowest BCUT2D eigenvalue weighted by molar-refractivity contribution is 0.0536. The first-order valence-corrected chi connectivity index (χ1v) is 8.86. The van der Waals surface area contributed by atoms with Crippen molar-refractivity contribution in [1.82, 2.24) is 0 Å². The molecule has 0 fully saturated rings. The van der Waals surface area contributed by atoms with E-state index in [2.05, 4.69) is 13.8 Å². The highest BCUT2D eigenvalue weighted by atomic mass is 19.1. The summed E-state index contributed by atoms with van der Waals surface area (Å²) in [7, 11) is 0. The summed E-state index contributed by atoms with van der Waals surface area (Å²) in [5, 5.41) is 27.4. The van der Waals surface area contributed by atoms with Crippen molar-refractivity contribution in [3.05, 3.63) is 59.7 Å². The molecule has 0 aliphatic heterocycles. The largest absolute Gasteiger partial charge is 0.491 e. The quantitative estimate of drug-likeness (QED) is 0.592. The predicted octanol–water partition coefficient (Wildman–Crippen LogP) is 2.45. The second-order valence-electron chi connectivity index (χ2n) is 6.94. The molecule has 0 heterocycles. The van der Waals surface area contributed by atoms with Crippen molar-refractivity contribution < 1.29 is 29.2 Å². The fourth-order valence-electron chi connectivity index (χ4n) is 2.58. The Morgan fingerprint density at radius 2 is 1.22 bits per heavy atom. The molecule has 2 aromatic rings. The van der Waals surface area contributed by atoms with Gasteiger partial charge in [-0.05, 0) is 35.4 Å². The molecule has 0 saturated heterocycles. The third kappa shape index (κ3) is 5.92. The second-order valence-corrected chi connectivity index (χ2v) is 6.94. The van der Waals surface area contributed by atoms with Crippen LogP contribution in [0, 0.1) is 0 Å². The summed E-state index contributed by atoms with van der Waals surface area (Å²) >= 11 is 0. The first-order chi connectivity index (χ1) is 12.9. The number of halogens is 1. The maximum Gasteiger partial charge on any atom is 0.119 e. The normalized spacial score (nSPS) is 13.9. The molecule has 148 valence electrons. The number of benzene rings is 2. The van der Waals surface area contributed by atoms with Gasteiger partial charge in [-0.25, -0.2) is 4.39 Å². The van der Waals surface area contributed by atoms with Gasteiger partial charge in [-0.15, -0.1) is 0 Å². The zero-order valence-electron chi connectivity index (χ0n) is 15.6. The maximum atomic E-state index is 12.3. The monoisotopic (exact) mass is 378 g/mol. The van der Waals surface area contributed by atoms with Crippen molar-refractivity contribution in [1.29, 1.82) is 0 Å². The molecular formula is C21H27FO5. The van der Waals surface area contributed by atoms with Gasteiger partial charge >= 0.3 is 0 Å². The summed E-state index contributed by atoms with van der Waals surface area (Å²) in [4.78, 5) is 0. The number of aliphatic hydroxyl groups excluding tert-OH is 3. The van der Waals surface area contributed by atoms with E-state index < -0.39 is 18.9 Å². The summed E-state index contributed by atoms with van der Waals surface area (Å²) < 4.78 is 23.1. The molecule has 27 heavy (non-hydrogen) atoms. The van der Waals surface area contributed by atoms with Gasteiger partial charge < -0.3 is 24.8 Å². The van der Waals surface area contributed by atoms with E-state index in [-0.39, 0.29) is 25.2 Å². The van der Waals surface area contributed by atoms with Crippen molar-refractivity contribution in [2.24, 2.45) is 0 Å². The predicted molar refractivity (Wildman–Crippen MR) is 101 cm³/mol. The molecule has 5 nitrogen and oxygen atoms in total. The van der Waals surface area contributed by atoms with Crippen LogP contribution in [0.4, 0.5) is 4.39 Å². The molecule has 2 rings (SSSR count). The van der Waals surface area contributed by atoms with Crippen molar-refractivity contribution in [3.8, 4) is 11.5 Å². The Morgan fingerprint density at radius 1 is 0.815 bits per heavy atom. The summed E-state index contributed by atoms with van der Waals surface area (Å²) in [6.45, 7) is 2.99. The molecule has 0 bridgehead atoms. The van der Waals surface area contributed by atoms with E-state index in [0.717, 1.165) is 11.1 Å². The Hall–Kier alpha value is -2.15. The lowest BCUT2D eigenvalue weighted by atomic mass is 9.78. The Kier molecular flexibility index (Phi) is 7.59. The first-order valence-electron chi connectivity index (χ1n) is 8.86. The van der Waals surface area contributed by atoms with E-state index in [1.807, 2.05) is 36.4 Å². The minimum Gasteiger partial charge on any atom is -0.491 e. The van der Waals surface area contributed by atoms with Crippen molar-refractivity contribution in [3.63, 3.8) is 0 Å². The van der Waals surface area contributed by atoms with E-state index in [9.17, 15) is 14.6 Å². The molecule has 0 saturated carbocycles. The molecule has 0 aliphatic rings. The topological polar surface area (TPSA) is 79.2 Å². The maximum absolute atomic E-state index is 12.3. The van der Waals surface area contributed by atoms with Gasteiger partial charge in [0.25, 0.3) is 0 Å². The van der Waals surface area contributed by atoms with Crippen LogP contribution in [0.15, 0.2) is 48.5 Å². The highest BCUT2D eigenvalue weighted by Gasteiger charge is 2.23. The highest BCUT2D eigenvalue weighted by Crippen LogP contribution is 2.33. The molecule has 2 atom stereocenters. The second kappa shape index (κ2) is 9.69. The fourth-order valence-corrected chi connectivity index (χ4v) is 2.58. The number of hydrogen-bond donors (Lipinski definition) is 3. The van der Waals surface area contributed by atoms with Crippen LogP contribution < -0.4 is 9.47 Å². The summed E-state index contributed by atoms with van der Waals surface area (Å²) in [5.41, 5.74) is 1.89. The first kappa shape index (κ1) is 21.2. The van der Waals surface area contributed by atoms with Crippen LogP contribution in [0.2, 0.25) is 0 Å². The van der Waals surface area contributed by atoms with Crippen molar-refractivity contribution in [2.45, 2.75) is 31.5 Å². The van der Waals surface area contributed by atoms with E-state index in [4.69, 9.17) is 14.6 Å². The Bertz CT molecular complexity index is 625.